The number of aromatic nitrogens is 2. The van der Waals surface area contributed by atoms with Gasteiger partial charge in [0, 0.05) is 12.7 Å². The van der Waals surface area contributed by atoms with Crippen LogP contribution in [0.5, 0.6) is 0 Å². The molecule has 0 aliphatic rings. The van der Waals surface area contributed by atoms with Crippen molar-refractivity contribution in [2.45, 2.75) is 26.4 Å². The summed E-state index contributed by atoms with van der Waals surface area (Å²) in [5.74, 6) is 1.38. The van der Waals surface area contributed by atoms with Crippen molar-refractivity contribution < 1.29 is 9.62 Å². The van der Waals surface area contributed by atoms with Crippen LogP contribution in [0.1, 0.15) is 35.9 Å². The molecule has 2 aromatic heterocycles. The summed E-state index contributed by atoms with van der Waals surface area (Å²) in [5, 5.41) is 15.0. The van der Waals surface area contributed by atoms with Crippen LogP contribution >= 0.6 is 0 Å². The Labute approximate surface area is 116 Å². The molecule has 0 aromatic carbocycles. The first-order valence-corrected chi connectivity index (χ1v) is 6.19. The molecule has 106 valence electrons. The molecule has 20 heavy (non-hydrogen) atoms. The molecule has 2 heterocycles. The molecule has 0 bridgehead atoms. The van der Waals surface area contributed by atoms with Gasteiger partial charge in [-0.05, 0) is 25.5 Å². The quantitative estimate of drug-likeness (QED) is 0.328. The van der Waals surface area contributed by atoms with Crippen LogP contribution in [-0.2, 0) is 6.54 Å². The lowest BCUT2D eigenvalue weighted by atomic mass is 10.1. The molecule has 0 aliphatic carbocycles. The van der Waals surface area contributed by atoms with E-state index in [2.05, 4.69) is 20.4 Å². The fraction of sp³-hybridized carbons (Fsp3) is 0.308. The Hall–Kier alpha value is -2.41. The van der Waals surface area contributed by atoms with Crippen molar-refractivity contribution in [1.82, 2.24) is 15.3 Å². The number of hydrogen-bond acceptors (Lipinski definition) is 6. The fourth-order valence-electron chi connectivity index (χ4n) is 1.78. The number of hydrogen-bond donors (Lipinski definition) is 3. The minimum atomic E-state index is -0.0518. The lowest BCUT2D eigenvalue weighted by molar-refractivity contribution is 0.318. The average molecular weight is 275 g/mol. The molecule has 7 nitrogen and oxygen atoms in total. The standard InChI is InChI=1S/C13H17N5O2/c1-8-6-17-13(20-8)9(2)16-7-10-4-3-5-15-11(10)12(14)18-19/h3-6,9,16,19H,7H2,1-2H3,(H2,14,18). The van der Waals surface area contributed by atoms with Crippen LogP contribution in [0.3, 0.4) is 0 Å². The average Bonchev–Trinajstić information content (AvgIpc) is 2.91. The SMILES string of the molecule is Cc1cnc(C(C)NCc2cccnc2/C(N)=N/O)o1. The Morgan fingerprint density at radius 2 is 2.35 bits per heavy atom. The zero-order chi connectivity index (χ0) is 14.5. The first-order valence-electron chi connectivity index (χ1n) is 6.19. The van der Waals surface area contributed by atoms with E-state index in [4.69, 9.17) is 15.4 Å². The zero-order valence-corrected chi connectivity index (χ0v) is 11.4. The summed E-state index contributed by atoms with van der Waals surface area (Å²) in [7, 11) is 0. The van der Waals surface area contributed by atoms with Gasteiger partial charge in [-0.1, -0.05) is 11.2 Å². The number of oxazole rings is 1. The van der Waals surface area contributed by atoms with Crippen molar-refractivity contribution in [3.63, 3.8) is 0 Å². The molecule has 1 atom stereocenters. The number of nitrogens with zero attached hydrogens (tertiary/aromatic N) is 3. The molecule has 4 N–H and O–H groups in total. The van der Waals surface area contributed by atoms with Gasteiger partial charge in [-0.25, -0.2) is 4.98 Å². The summed E-state index contributed by atoms with van der Waals surface area (Å²) < 4.78 is 5.45. The zero-order valence-electron chi connectivity index (χ0n) is 11.4. The van der Waals surface area contributed by atoms with Gasteiger partial charge >= 0.3 is 0 Å². The Kier molecular flexibility index (Phi) is 4.31. The van der Waals surface area contributed by atoms with E-state index in [9.17, 15) is 0 Å². The van der Waals surface area contributed by atoms with Crippen molar-refractivity contribution in [3.05, 3.63) is 47.4 Å². The highest BCUT2D eigenvalue weighted by molar-refractivity contribution is 5.96. The van der Waals surface area contributed by atoms with Crippen LogP contribution in [0.25, 0.3) is 0 Å². The van der Waals surface area contributed by atoms with E-state index in [0.29, 0.717) is 18.1 Å². The van der Waals surface area contributed by atoms with E-state index < -0.39 is 0 Å². The molecule has 2 rings (SSSR count). The lowest BCUT2D eigenvalue weighted by Crippen LogP contribution is -2.23. The van der Waals surface area contributed by atoms with E-state index in [0.717, 1.165) is 11.3 Å². The van der Waals surface area contributed by atoms with Gasteiger partial charge in [-0.15, -0.1) is 0 Å². The van der Waals surface area contributed by atoms with Crippen molar-refractivity contribution in [1.29, 1.82) is 0 Å². The van der Waals surface area contributed by atoms with Crippen molar-refractivity contribution in [3.8, 4) is 0 Å². The molecule has 0 aliphatic heterocycles. The molecule has 0 radical (unpaired) electrons. The summed E-state index contributed by atoms with van der Waals surface area (Å²) >= 11 is 0. The first-order chi connectivity index (χ1) is 9.61. The van der Waals surface area contributed by atoms with E-state index in [1.54, 1.807) is 18.5 Å². The second-order valence-electron chi connectivity index (χ2n) is 4.41. The number of rotatable bonds is 5. The molecular formula is C13H17N5O2. The largest absolute Gasteiger partial charge is 0.444 e. The van der Waals surface area contributed by atoms with Crippen LogP contribution < -0.4 is 11.1 Å². The Bertz CT molecular complexity index is 608. The van der Waals surface area contributed by atoms with Gasteiger partial charge < -0.3 is 20.7 Å². The third-order valence-corrected chi connectivity index (χ3v) is 2.85. The van der Waals surface area contributed by atoms with Gasteiger partial charge in [0.05, 0.1) is 12.2 Å². The molecule has 1 unspecified atom stereocenters. The van der Waals surface area contributed by atoms with Gasteiger partial charge in [0.2, 0.25) is 5.89 Å². The fourth-order valence-corrected chi connectivity index (χ4v) is 1.78. The second-order valence-corrected chi connectivity index (χ2v) is 4.41. The topological polar surface area (TPSA) is 110 Å². The molecule has 7 heteroatoms. The third kappa shape index (κ3) is 3.12. The molecule has 0 saturated carbocycles. The summed E-state index contributed by atoms with van der Waals surface area (Å²) in [6, 6.07) is 3.61. The van der Waals surface area contributed by atoms with E-state index >= 15 is 0 Å². The summed E-state index contributed by atoms with van der Waals surface area (Å²) in [4.78, 5) is 8.28. The van der Waals surface area contributed by atoms with Crippen LogP contribution in [0.15, 0.2) is 34.1 Å². The van der Waals surface area contributed by atoms with Gasteiger partial charge in [0.25, 0.3) is 0 Å². The smallest absolute Gasteiger partial charge is 0.211 e. The van der Waals surface area contributed by atoms with E-state index in [-0.39, 0.29) is 11.9 Å². The van der Waals surface area contributed by atoms with E-state index in [1.165, 1.54) is 0 Å². The Morgan fingerprint density at radius 3 is 3.00 bits per heavy atom. The minimum absolute atomic E-state index is 0.0120. The second kappa shape index (κ2) is 6.16. The van der Waals surface area contributed by atoms with Crippen LogP contribution in [-0.4, -0.2) is 21.0 Å². The van der Waals surface area contributed by atoms with Crippen LogP contribution in [0.2, 0.25) is 0 Å². The van der Waals surface area contributed by atoms with Gasteiger partial charge in [0.1, 0.15) is 11.5 Å². The Morgan fingerprint density at radius 1 is 1.55 bits per heavy atom. The number of nitrogens with one attached hydrogen (secondary N) is 1. The highest BCUT2D eigenvalue weighted by Crippen LogP contribution is 2.13. The number of aryl methyl sites for hydroxylation is 1. The van der Waals surface area contributed by atoms with Crippen LogP contribution in [0.4, 0.5) is 0 Å². The normalized spacial score (nSPS) is 13.4. The first kappa shape index (κ1) is 14.0. The third-order valence-electron chi connectivity index (χ3n) is 2.85. The van der Waals surface area contributed by atoms with Crippen LogP contribution in [0, 0.1) is 6.92 Å². The van der Waals surface area contributed by atoms with Crippen molar-refractivity contribution >= 4 is 5.84 Å². The predicted octanol–water partition coefficient (Wildman–Crippen LogP) is 1.32. The maximum atomic E-state index is 8.75. The molecule has 0 spiro atoms. The van der Waals surface area contributed by atoms with Crippen molar-refractivity contribution in [2.75, 3.05) is 0 Å². The molecular weight excluding hydrogens is 258 g/mol. The number of amidine groups is 1. The van der Waals surface area contributed by atoms with Gasteiger partial charge in [-0.3, -0.25) is 4.98 Å². The van der Waals surface area contributed by atoms with E-state index in [1.807, 2.05) is 19.9 Å². The molecule has 2 aromatic rings. The maximum absolute atomic E-state index is 8.75. The predicted molar refractivity (Wildman–Crippen MR) is 73.2 cm³/mol. The highest BCUT2D eigenvalue weighted by Gasteiger charge is 2.13. The van der Waals surface area contributed by atoms with Crippen molar-refractivity contribution in [2.24, 2.45) is 10.9 Å². The highest BCUT2D eigenvalue weighted by atomic mass is 16.4. The molecule has 0 amide bonds. The minimum Gasteiger partial charge on any atom is -0.444 e. The molecule has 0 saturated heterocycles. The molecule has 0 fully saturated rings. The maximum Gasteiger partial charge on any atom is 0.211 e. The Balaban J connectivity index is 2.08. The number of nitrogens with two attached hydrogens (primary N) is 1. The number of pyridine rings is 1. The summed E-state index contributed by atoms with van der Waals surface area (Å²) in [6.45, 7) is 4.30. The number of oxime groups is 1. The van der Waals surface area contributed by atoms with Gasteiger partial charge in [-0.2, -0.15) is 0 Å². The lowest BCUT2D eigenvalue weighted by Gasteiger charge is -2.12. The summed E-state index contributed by atoms with van der Waals surface area (Å²) in [5.41, 5.74) is 6.88. The van der Waals surface area contributed by atoms with Gasteiger partial charge in [0.15, 0.2) is 5.84 Å². The summed E-state index contributed by atoms with van der Waals surface area (Å²) in [6.07, 6.45) is 3.27. The monoisotopic (exact) mass is 275 g/mol.